The lowest BCUT2D eigenvalue weighted by Gasteiger charge is -2.26. The van der Waals surface area contributed by atoms with Crippen LogP contribution in [-0.2, 0) is 11.3 Å². The summed E-state index contributed by atoms with van der Waals surface area (Å²) in [5.41, 5.74) is -2.05. The Bertz CT molecular complexity index is 1800. The number of nitrogens with zero attached hydrogens (tertiary/aromatic N) is 1. The standard InChI is InChI=1S/C31H25Cl2F5N4O4/c1-30(2,31(36,37)38)29(45)40-14-16-7-9-20(32)25(26(16)33)28(44)41-17-8-10-23(46-15-24(34)35)19(13-17)27(43)42-22-11-12-39-21-6-4-3-5-18(21)22/h3-13,24H,14-15H2,1-2H3,(H,40,45)(H,41,44)(H,39,42,43). The summed E-state index contributed by atoms with van der Waals surface area (Å²) in [5, 5.41) is 7.64. The summed E-state index contributed by atoms with van der Waals surface area (Å²) in [6.45, 7) is 0.00221. The second-order valence-corrected chi connectivity index (χ2v) is 11.2. The molecule has 0 atom stereocenters. The Morgan fingerprint density at radius 2 is 1.65 bits per heavy atom. The first-order chi connectivity index (χ1) is 21.6. The number of pyridine rings is 1. The summed E-state index contributed by atoms with van der Waals surface area (Å²) in [6, 6.07) is 14.8. The lowest BCUT2D eigenvalue weighted by molar-refractivity contribution is -0.211. The van der Waals surface area contributed by atoms with Crippen LogP contribution in [-0.4, -0.2) is 41.9 Å². The molecule has 0 spiro atoms. The van der Waals surface area contributed by atoms with E-state index in [-0.39, 0.29) is 38.2 Å². The number of para-hydroxylation sites is 1. The zero-order chi connectivity index (χ0) is 33.8. The van der Waals surface area contributed by atoms with E-state index in [0.29, 0.717) is 16.6 Å². The number of rotatable bonds is 10. The van der Waals surface area contributed by atoms with Gasteiger partial charge in [0.1, 0.15) is 17.8 Å². The second kappa shape index (κ2) is 13.9. The van der Waals surface area contributed by atoms with Gasteiger partial charge < -0.3 is 20.7 Å². The zero-order valence-corrected chi connectivity index (χ0v) is 25.6. The molecule has 0 saturated heterocycles. The number of nitrogens with one attached hydrogen (secondary N) is 3. The molecule has 1 aromatic heterocycles. The van der Waals surface area contributed by atoms with Crippen LogP contribution in [0.5, 0.6) is 5.75 Å². The number of carbonyl (C=O) groups is 3. The Morgan fingerprint density at radius 1 is 0.935 bits per heavy atom. The third-order valence-electron chi connectivity index (χ3n) is 6.86. The average molecular weight is 683 g/mol. The smallest absolute Gasteiger partial charge is 0.402 e. The summed E-state index contributed by atoms with van der Waals surface area (Å²) in [6.07, 6.45) is -6.17. The third kappa shape index (κ3) is 7.65. The summed E-state index contributed by atoms with van der Waals surface area (Å²) >= 11 is 12.6. The molecule has 0 unspecified atom stereocenters. The molecule has 46 heavy (non-hydrogen) atoms. The number of alkyl halides is 5. The van der Waals surface area contributed by atoms with Crippen LogP contribution in [0.4, 0.5) is 33.3 Å². The molecule has 8 nitrogen and oxygen atoms in total. The number of ether oxygens (including phenoxy) is 1. The van der Waals surface area contributed by atoms with Gasteiger partial charge >= 0.3 is 6.18 Å². The molecule has 4 rings (SSSR count). The Hall–Kier alpha value is -4.49. The van der Waals surface area contributed by atoms with Crippen LogP contribution in [0.1, 0.15) is 40.1 Å². The highest BCUT2D eigenvalue weighted by atomic mass is 35.5. The van der Waals surface area contributed by atoms with Gasteiger partial charge in [0.2, 0.25) is 5.91 Å². The maximum Gasteiger partial charge on any atom is 0.402 e. The molecule has 3 N–H and O–H groups in total. The molecule has 242 valence electrons. The quantitative estimate of drug-likeness (QED) is 0.147. The minimum Gasteiger partial charge on any atom is -0.487 e. The van der Waals surface area contributed by atoms with Crippen LogP contribution >= 0.6 is 23.2 Å². The molecule has 0 radical (unpaired) electrons. The Morgan fingerprint density at radius 3 is 2.35 bits per heavy atom. The van der Waals surface area contributed by atoms with Crippen LogP contribution in [0, 0.1) is 5.41 Å². The predicted molar refractivity (Wildman–Crippen MR) is 164 cm³/mol. The molecular formula is C31H25Cl2F5N4O4. The molecule has 0 saturated carbocycles. The minimum absolute atomic E-state index is 0.0249. The van der Waals surface area contributed by atoms with Gasteiger partial charge in [0.05, 0.1) is 32.4 Å². The van der Waals surface area contributed by atoms with E-state index in [2.05, 4.69) is 20.9 Å². The zero-order valence-electron chi connectivity index (χ0n) is 24.1. The van der Waals surface area contributed by atoms with Crippen molar-refractivity contribution < 1.29 is 41.1 Å². The van der Waals surface area contributed by atoms with Crippen molar-refractivity contribution in [3.63, 3.8) is 0 Å². The van der Waals surface area contributed by atoms with E-state index in [9.17, 15) is 36.3 Å². The van der Waals surface area contributed by atoms with Crippen molar-refractivity contribution in [1.29, 1.82) is 0 Å². The lowest BCUT2D eigenvalue weighted by Crippen LogP contribution is -2.46. The Kier molecular flexibility index (Phi) is 10.4. The molecule has 4 aromatic rings. The third-order valence-corrected chi connectivity index (χ3v) is 7.60. The summed E-state index contributed by atoms with van der Waals surface area (Å²) in [5.74, 6) is -3.11. The number of halogens is 7. The van der Waals surface area contributed by atoms with Gasteiger partial charge in [-0.25, -0.2) is 8.78 Å². The highest BCUT2D eigenvalue weighted by Gasteiger charge is 2.52. The van der Waals surface area contributed by atoms with Crippen LogP contribution in [0.2, 0.25) is 10.0 Å². The van der Waals surface area contributed by atoms with E-state index in [1.165, 1.54) is 36.5 Å². The summed E-state index contributed by atoms with van der Waals surface area (Å²) in [7, 11) is 0. The molecule has 0 aliphatic carbocycles. The average Bonchev–Trinajstić information content (AvgIpc) is 2.99. The van der Waals surface area contributed by atoms with Crippen molar-refractivity contribution >= 4 is 63.2 Å². The number of hydrogen-bond acceptors (Lipinski definition) is 5. The fraction of sp³-hybridized carbons (Fsp3) is 0.226. The largest absolute Gasteiger partial charge is 0.487 e. The van der Waals surface area contributed by atoms with E-state index >= 15 is 0 Å². The highest BCUT2D eigenvalue weighted by molar-refractivity contribution is 6.41. The van der Waals surface area contributed by atoms with Gasteiger partial charge in [-0.1, -0.05) is 47.5 Å². The Labute approximate surface area is 269 Å². The number of anilines is 2. The van der Waals surface area contributed by atoms with Gasteiger partial charge in [0.25, 0.3) is 18.2 Å². The normalized spacial score (nSPS) is 11.8. The highest BCUT2D eigenvalue weighted by Crippen LogP contribution is 2.38. The van der Waals surface area contributed by atoms with Crippen LogP contribution < -0.4 is 20.7 Å². The van der Waals surface area contributed by atoms with Gasteiger partial charge in [0, 0.05) is 23.8 Å². The van der Waals surface area contributed by atoms with Gasteiger partial charge in [-0.2, -0.15) is 13.2 Å². The molecule has 0 aliphatic heterocycles. The fourth-order valence-corrected chi connectivity index (χ4v) is 4.73. The van der Waals surface area contributed by atoms with Crippen molar-refractivity contribution in [3.05, 3.63) is 93.6 Å². The van der Waals surface area contributed by atoms with E-state index < -0.39 is 48.9 Å². The molecule has 3 amide bonds. The summed E-state index contributed by atoms with van der Waals surface area (Å²) < 4.78 is 70.8. The first-order valence-electron chi connectivity index (χ1n) is 13.4. The number of aromatic nitrogens is 1. The number of amides is 3. The molecule has 3 aromatic carbocycles. The van der Waals surface area contributed by atoms with E-state index in [1.54, 1.807) is 30.3 Å². The predicted octanol–water partition coefficient (Wildman–Crippen LogP) is 7.89. The Balaban J connectivity index is 1.60. The summed E-state index contributed by atoms with van der Waals surface area (Å²) in [4.78, 5) is 43.2. The van der Waals surface area contributed by atoms with Crippen LogP contribution in [0.25, 0.3) is 10.9 Å². The van der Waals surface area contributed by atoms with E-state index in [4.69, 9.17) is 27.9 Å². The van der Waals surface area contributed by atoms with E-state index in [1.807, 2.05) is 0 Å². The number of benzene rings is 3. The first-order valence-corrected chi connectivity index (χ1v) is 14.2. The van der Waals surface area contributed by atoms with E-state index in [0.717, 1.165) is 13.8 Å². The van der Waals surface area contributed by atoms with Gasteiger partial charge in [0.15, 0.2) is 0 Å². The molecule has 1 heterocycles. The van der Waals surface area contributed by atoms with Gasteiger partial charge in [-0.3, -0.25) is 19.4 Å². The SMILES string of the molecule is CC(C)(C(=O)NCc1ccc(Cl)c(C(=O)Nc2ccc(OCC(F)F)c(C(=O)Nc3ccnc4ccccc34)c2)c1Cl)C(F)(F)F. The molecular weight excluding hydrogens is 658 g/mol. The topological polar surface area (TPSA) is 109 Å². The second-order valence-electron chi connectivity index (χ2n) is 10.4. The number of carbonyl (C=O) groups excluding carboxylic acids is 3. The fourth-order valence-electron chi connectivity index (χ4n) is 4.12. The molecule has 0 bridgehead atoms. The number of fused-ring (bicyclic) bond motifs is 1. The monoisotopic (exact) mass is 682 g/mol. The number of hydrogen-bond donors (Lipinski definition) is 3. The van der Waals surface area contributed by atoms with Crippen molar-refractivity contribution in [2.24, 2.45) is 5.41 Å². The molecule has 0 aliphatic rings. The minimum atomic E-state index is -4.81. The maximum absolute atomic E-state index is 13.4. The van der Waals surface area contributed by atoms with Gasteiger partial charge in [-0.15, -0.1) is 0 Å². The van der Waals surface area contributed by atoms with Crippen molar-refractivity contribution in [3.8, 4) is 5.75 Å². The van der Waals surface area contributed by atoms with Crippen LogP contribution in [0.3, 0.4) is 0 Å². The lowest BCUT2D eigenvalue weighted by atomic mass is 9.91. The van der Waals surface area contributed by atoms with Crippen molar-refractivity contribution in [1.82, 2.24) is 10.3 Å². The van der Waals surface area contributed by atoms with Crippen molar-refractivity contribution in [2.45, 2.75) is 33.0 Å². The maximum atomic E-state index is 13.4. The first kappa shape index (κ1) is 34.4. The molecule has 0 fully saturated rings. The van der Waals surface area contributed by atoms with Gasteiger partial charge in [-0.05, 0) is 55.8 Å². The van der Waals surface area contributed by atoms with Crippen molar-refractivity contribution in [2.75, 3.05) is 17.2 Å². The molecule has 15 heteroatoms. The van der Waals surface area contributed by atoms with Crippen LogP contribution in [0.15, 0.2) is 66.9 Å².